The molecular formula is C14H34N4. The standard InChI is InChI=1S/C14H34N4/c1-7-16(8-2)14(13-15,17(9-3)10-4)18(11-5)12-6/h7-13,15H2,1-6H3. The van der Waals surface area contributed by atoms with E-state index >= 15 is 0 Å². The quantitative estimate of drug-likeness (QED) is 0.604. The van der Waals surface area contributed by atoms with Crippen LogP contribution in [-0.2, 0) is 0 Å². The first-order valence-electron chi connectivity index (χ1n) is 7.57. The molecule has 4 nitrogen and oxygen atoms in total. The van der Waals surface area contributed by atoms with Gasteiger partial charge in [-0.1, -0.05) is 41.5 Å². The lowest BCUT2D eigenvalue weighted by Gasteiger charge is -2.55. The summed E-state index contributed by atoms with van der Waals surface area (Å²) >= 11 is 0. The van der Waals surface area contributed by atoms with Crippen LogP contribution in [0.5, 0.6) is 0 Å². The molecule has 0 rings (SSSR count). The van der Waals surface area contributed by atoms with E-state index in [4.69, 9.17) is 5.73 Å². The van der Waals surface area contributed by atoms with Gasteiger partial charge in [0.05, 0.1) is 0 Å². The molecule has 0 atom stereocenters. The average molecular weight is 258 g/mol. The molecule has 0 aliphatic heterocycles. The Labute approximate surface area is 114 Å². The lowest BCUT2D eigenvalue weighted by atomic mass is 10.1. The van der Waals surface area contributed by atoms with Crippen LogP contribution in [0.25, 0.3) is 0 Å². The van der Waals surface area contributed by atoms with E-state index in [1.165, 1.54) is 0 Å². The first kappa shape index (κ1) is 17.8. The molecule has 110 valence electrons. The summed E-state index contributed by atoms with van der Waals surface area (Å²) in [6.07, 6.45) is 0. The fourth-order valence-corrected chi connectivity index (χ4v) is 3.18. The highest BCUT2D eigenvalue weighted by Gasteiger charge is 2.42. The number of nitrogens with two attached hydrogens (primary N) is 1. The van der Waals surface area contributed by atoms with Crippen LogP contribution in [0.1, 0.15) is 41.5 Å². The molecule has 0 saturated carbocycles. The van der Waals surface area contributed by atoms with Gasteiger partial charge in [0.2, 0.25) is 0 Å². The number of nitrogens with zero attached hydrogens (tertiary/aromatic N) is 3. The van der Waals surface area contributed by atoms with Gasteiger partial charge in [0.1, 0.15) is 5.79 Å². The van der Waals surface area contributed by atoms with Crippen molar-refractivity contribution in [1.82, 2.24) is 14.7 Å². The maximum Gasteiger partial charge on any atom is 0.143 e. The van der Waals surface area contributed by atoms with Crippen LogP contribution in [0.15, 0.2) is 0 Å². The van der Waals surface area contributed by atoms with E-state index in [2.05, 4.69) is 56.2 Å². The molecule has 0 unspecified atom stereocenters. The molecule has 0 aliphatic carbocycles. The highest BCUT2D eigenvalue weighted by molar-refractivity contribution is 4.90. The summed E-state index contributed by atoms with van der Waals surface area (Å²) in [6.45, 7) is 20.2. The highest BCUT2D eigenvalue weighted by Crippen LogP contribution is 2.24. The van der Waals surface area contributed by atoms with E-state index < -0.39 is 0 Å². The van der Waals surface area contributed by atoms with E-state index in [-0.39, 0.29) is 5.79 Å². The average Bonchev–Trinajstić information content (AvgIpc) is 2.41. The molecule has 0 aromatic carbocycles. The molecule has 2 N–H and O–H groups in total. The molecule has 0 heterocycles. The Morgan fingerprint density at radius 1 is 0.611 bits per heavy atom. The van der Waals surface area contributed by atoms with Crippen LogP contribution in [0.4, 0.5) is 0 Å². The summed E-state index contributed by atoms with van der Waals surface area (Å²) in [7, 11) is 0. The number of hydrogen-bond acceptors (Lipinski definition) is 4. The predicted molar refractivity (Wildman–Crippen MR) is 80.5 cm³/mol. The van der Waals surface area contributed by atoms with Crippen molar-refractivity contribution in [3.05, 3.63) is 0 Å². The zero-order valence-corrected chi connectivity index (χ0v) is 13.4. The Balaban J connectivity index is 5.55. The first-order chi connectivity index (χ1) is 8.62. The van der Waals surface area contributed by atoms with Gasteiger partial charge in [-0.05, 0) is 39.3 Å². The van der Waals surface area contributed by atoms with E-state index in [1.807, 2.05) is 0 Å². The summed E-state index contributed by atoms with van der Waals surface area (Å²) in [5.74, 6) is -0.128. The molecule has 18 heavy (non-hydrogen) atoms. The Morgan fingerprint density at radius 3 is 0.944 bits per heavy atom. The minimum atomic E-state index is -0.128. The first-order valence-corrected chi connectivity index (χ1v) is 7.57. The van der Waals surface area contributed by atoms with Gasteiger partial charge in [-0.2, -0.15) is 0 Å². The lowest BCUT2D eigenvalue weighted by molar-refractivity contribution is -0.155. The largest absolute Gasteiger partial charge is 0.326 e. The van der Waals surface area contributed by atoms with Gasteiger partial charge in [-0.3, -0.25) is 14.7 Å². The molecule has 0 fully saturated rings. The Hall–Kier alpha value is -0.160. The third kappa shape index (κ3) is 3.23. The van der Waals surface area contributed by atoms with E-state index in [1.54, 1.807) is 0 Å². The third-order valence-corrected chi connectivity index (χ3v) is 4.08. The lowest BCUT2D eigenvalue weighted by Crippen LogP contribution is -2.73. The molecule has 0 aromatic heterocycles. The molecule has 0 bridgehead atoms. The minimum Gasteiger partial charge on any atom is -0.326 e. The van der Waals surface area contributed by atoms with Crippen LogP contribution < -0.4 is 5.73 Å². The van der Waals surface area contributed by atoms with Crippen LogP contribution in [0, 0.1) is 0 Å². The summed E-state index contributed by atoms with van der Waals surface area (Å²) in [4.78, 5) is 7.48. The molecule has 4 heteroatoms. The molecule has 0 aliphatic rings. The van der Waals surface area contributed by atoms with E-state index in [0.29, 0.717) is 6.54 Å². The smallest absolute Gasteiger partial charge is 0.143 e. The molecule has 0 radical (unpaired) electrons. The molecule has 0 amide bonds. The maximum atomic E-state index is 6.24. The van der Waals surface area contributed by atoms with Crippen molar-refractivity contribution in [2.75, 3.05) is 45.8 Å². The van der Waals surface area contributed by atoms with Gasteiger partial charge in [0.15, 0.2) is 0 Å². The van der Waals surface area contributed by atoms with Crippen LogP contribution >= 0.6 is 0 Å². The van der Waals surface area contributed by atoms with Crippen LogP contribution in [-0.4, -0.2) is 66.3 Å². The van der Waals surface area contributed by atoms with Gasteiger partial charge in [0.25, 0.3) is 0 Å². The van der Waals surface area contributed by atoms with Crippen molar-refractivity contribution in [3.63, 3.8) is 0 Å². The second-order valence-electron chi connectivity index (χ2n) is 4.50. The van der Waals surface area contributed by atoms with Crippen molar-refractivity contribution in [1.29, 1.82) is 0 Å². The Kier molecular flexibility index (Phi) is 8.78. The third-order valence-electron chi connectivity index (χ3n) is 4.08. The molecular weight excluding hydrogens is 224 g/mol. The van der Waals surface area contributed by atoms with Gasteiger partial charge in [0, 0.05) is 6.54 Å². The molecule has 0 spiro atoms. The van der Waals surface area contributed by atoms with E-state index in [0.717, 1.165) is 39.3 Å². The van der Waals surface area contributed by atoms with Crippen molar-refractivity contribution in [3.8, 4) is 0 Å². The van der Waals surface area contributed by atoms with E-state index in [9.17, 15) is 0 Å². The van der Waals surface area contributed by atoms with Crippen LogP contribution in [0.3, 0.4) is 0 Å². The number of hydrogen-bond donors (Lipinski definition) is 1. The Morgan fingerprint density at radius 2 is 0.833 bits per heavy atom. The van der Waals surface area contributed by atoms with Crippen molar-refractivity contribution in [2.45, 2.75) is 47.3 Å². The molecule has 0 aromatic rings. The fourth-order valence-electron chi connectivity index (χ4n) is 3.18. The highest BCUT2D eigenvalue weighted by atomic mass is 15.6. The SMILES string of the molecule is CCN(CC)C(CN)(N(CC)CC)N(CC)CC. The van der Waals surface area contributed by atoms with Gasteiger partial charge >= 0.3 is 0 Å². The van der Waals surface area contributed by atoms with Crippen molar-refractivity contribution in [2.24, 2.45) is 5.73 Å². The summed E-state index contributed by atoms with van der Waals surface area (Å²) in [6, 6.07) is 0. The van der Waals surface area contributed by atoms with Crippen LogP contribution in [0.2, 0.25) is 0 Å². The molecule has 0 saturated heterocycles. The fraction of sp³-hybridized carbons (Fsp3) is 1.00. The van der Waals surface area contributed by atoms with Gasteiger partial charge < -0.3 is 5.73 Å². The topological polar surface area (TPSA) is 35.7 Å². The summed E-state index contributed by atoms with van der Waals surface area (Å²) in [5, 5.41) is 0. The number of likely N-dealkylation sites (N-methyl/N-ethyl adjacent to an activating group) is 3. The van der Waals surface area contributed by atoms with Gasteiger partial charge in [-0.15, -0.1) is 0 Å². The minimum absolute atomic E-state index is 0.128. The summed E-state index contributed by atoms with van der Waals surface area (Å²) < 4.78 is 0. The van der Waals surface area contributed by atoms with Crippen molar-refractivity contribution < 1.29 is 0 Å². The normalized spacial score (nSPS) is 13.0. The maximum absolute atomic E-state index is 6.24. The number of rotatable bonds is 10. The monoisotopic (exact) mass is 258 g/mol. The van der Waals surface area contributed by atoms with Gasteiger partial charge in [-0.25, -0.2) is 0 Å². The second kappa shape index (κ2) is 8.86. The zero-order chi connectivity index (χ0) is 14.2. The summed E-state index contributed by atoms with van der Waals surface area (Å²) in [5.41, 5.74) is 6.24. The van der Waals surface area contributed by atoms with Crippen molar-refractivity contribution >= 4 is 0 Å². The zero-order valence-electron chi connectivity index (χ0n) is 13.4. The predicted octanol–water partition coefficient (Wildman–Crippen LogP) is 1.62. The second-order valence-corrected chi connectivity index (χ2v) is 4.50. The Bertz CT molecular complexity index is 165.